The van der Waals surface area contributed by atoms with Crippen LogP contribution in [0, 0.1) is 0 Å². The number of primary amides is 1. The summed E-state index contributed by atoms with van der Waals surface area (Å²) < 4.78 is 6.72. The Labute approximate surface area is 104 Å². The molecule has 2 N–H and O–H groups in total. The van der Waals surface area contributed by atoms with Gasteiger partial charge in [-0.15, -0.1) is 0 Å². The van der Waals surface area contributed by atoms with Crippen molar-refractivity contribution < 1.29 is 9.53 Å². The third-order valence-electron chi connectivity index (χ3n) is 2.50. The molecule has 0 atom stereocenters. The number of aromatic nitrogens is 3. The molecule has 2 heterocycles. The maximum Gasteiger partial charge on any atom is 0.223 e. The summed E-state index contributed by atoms with van der Waals surface area (Å²) in [5.74, 6) is 0.196. The third kappa shape index (κ3) is 2.85. The molecule has 2 aromatic heterocycles. The Morgan fingerprint density at radius 3 is 2.89 bits per heavy atom. The molecular formula is C12H14N4O2. The normalized spacial score (nSPS) is 10.3. The van der Waals surface area contributed by atoms with Crippen molar-refractivity contribution in [1.82, 2.24) is 14.8 Å². The lowest BCUT2D eigenvalue weighted by molar-refractivity contribution is -0.117. The van der Waals surface area contributed by atoms with E-state index in [1.165, 1.54) is 0 Å². The summed E-state index contributed by atoms with van der Waals surface area (Å²) in [6, 6.07) is 5.47. The maximum atomic E-state index is 10.9. The first-order valence-electron chi connectivity index (χ1n) is 5.47. The minimum absolute atomic E-state index is 0.184. The van der Waals surface area contributed by atoms with Gasteiger partial charge in [-0.05, 0) is 11.6 Å². The van der Waals surface area contributed by atoms with Crippen molar-refractivity contribution in [2.75, 3.05) is 7.11 Å². The van der Waals surface area contributed by atoms with Gasteiger partial charge in [0.1, 0.15) is 0 Å². The molecule has 0 aliphatic carbocycles. The zero-order valence-electron chi connectivity index (χ0n) is 10.0. The van der Waals surface area contributed by atoms with Gasteiger partial charge in [-0.1, -0.05) is 6.07 Å². The number of pyridine rings is 1. The number of carbonyl (C=O) groups is 1. The number of carbonyl (C=O) groups excluding carboxylic acids is 1. The Balaban J connectivity index is 2.12. The third-order valence-corrected chi connectivity index (χ3v) is 2.50. The minimum Gasteiger partial charge on any atom is -0.481 e. The molecule has 18 heavy (non-hydrogen) atoms. The van der Waals surface area contributed by atoms with Crippen molar-refractivity contribution >= 4 is 5.91 Å². The molecule has 0 fully saturated rings. The van der Waals surface area contributed by atoms with Crippen LogP contribution in [-0.4, -0.2) is 27.8 Å². The number of hydrogen-bond donors (Lipinski definition) is 1. The van der Waals surface area contributed by atoms with Crippen molar-refractivity contribution in [3.05, 3.63) is 41.9 Å². The molecule has 0 aromatic carbocycles. The van der Waals surface area contributed by atoms with E-state index in [1.807, 2.05) is 6.07 Å². The molecule has 6 nitrogen and oxygen atoms in total. The maximum absolute atomic E-state index is 10.9. The van der Waals surface area contributed by atoms with Crippen LogP contribution < -0.4 is 10.5 Å². The van der Waals surface area contributed by atoms with E-state index in [-0.39, 0.29) is 12.3 Å². The van der Waals surface area contributed by atoms with Gasteiger partial charge in [-0.2, -0.15) is 5.10 Å². The fourth-order valence-corrected chi connectivity index (χ4v) is 1.63. The lowest BCUT2D eigenvalue weighted by atomic mass is 10.2. The molecule has 2 aromatic rings. The van der Waals surface area contributed by atoms with E-state index in [9.17, 15) is 4.79 Å². The molecule has 0 aliphatic heterocycles. The highest BCUT2D eigenvalue weighted by Crippen LogP contribution is 2.09. The Bertz CT molecular complexity index is 533. The van der Waals surface area contributed by atoms with Crippen LogP contribution in [0.3, 0.4) is 0 Å². The summed E-state index contributed by atoms with van der Waals surface area (Å²) in [6.07, 6.45) is 3.55. The lowest BCUT2D eigenvalue weighted by Crippen LogP contribution is -2.17. The van der Waals surface area contributed by atoms with Crippen LogP contribution in [-0.2, 0) is 17.8 Å². The highest BCUT2D eigenvalue weighted by molar-refractivity contribution is 5.76. The predicted molar refractivity (Wildman–Crippen MR) is 65.0 cm³/mol. The largest absolute Gasteiger partial charge is 0.481 e. The first kappa shape index (κ1) is 12.1. The summed E-state index contributed by atoms with van der Waals surface area (Å²) >= 11 is 0. The quantitative estimate of drug-likeness (QED) is 0.825. The smallest absolute Gasteiger partial charge is 0.223 e. The van der Waals surface area contributed by atoms with Gasteiger partial charge in [-0.25, -0.2) is 4.98 Å². The Morgan fingerprint density at radius 1 is 1.44 bits per heavy atom. The minimum atomic E-state index is -0.371. The molecule has 0 unspecified atom stereocenters. The van der Waals surface area contributed by atoms with Crippen LogP contribution in [0.4, 0.5) is 0 Å². The highest BCUT2D eigenvalue weighted by atomic mass is 16.5. The Hall–Kier alpha value is -2.37. The monoisotopic (exact) mass is 246 g/mol. The zero-order valence-corrected chi connectivity index (χ0v) is 10.0. The zero-order chi connectivity index (χ0) is 13.0. The SMILES string of the molecule is COc1ccc(Cn2nccc2CC(N)=O)cn1. The first-order valence-corrected chi connectivity index (χ1v) is 5.47. The number of methoxy groups -OCH3 is 1. The molecular weight excluding hydrogens is 232 g/mol. The van der Waals surface area contributed by atoms with Gasteiger partial charge in [0, 0.05) is 24.2 Å². The molecule has 0 saturated heterocycles. The second kappa shape index (κ2) is 5.31. The Kier molecular flexibility index (Phi) is 3.57. The fraction of sp³-hybridized carbons (Fsp3) is 0.250. The topological polar surface area (TPSA) is 83.0 Å². The van der Waals surface area contributed by atoms with Crippen LogP contribution in [0.5, 0.6) is 5.88 Å². The Morgan fingerprint density at radius 2 is 2.28 bits per heavy atom. The number of ether oxygens (including phenoxy) is 1. The molecule has 0 radical (unpaired) electrons. The molecule has 0 spiro atoms. The number of amides is 1. The van der Waals surface area contributed by atoms with Crippen LogP contribution in [0.15, 0.2) is 30.6 Å². The van der Waals surface area contributed by atoms with Gasteiger partial charge >= 0.3 is 0 Å². The van der Waals surface area contributed by atoms with Crippen molar-refractivity contribution in [1.29, 1.82) is 0 Å². The van der Waals surface area contributed by atoms with E-state index in [1.54, 1.807) is 36.3 Å². The van der Waals surface area contributed by atoms with E-state index in [0.29, 0.717) is 12.4 Å². The average Bonchev–Trinajstić information content (AvgIpc) is 2.77. The van der Waals surface area contributed by atoms with Crippen molar-refractivity contribution in [3.63, 3.8) is 0 Å². The molecule has 94 valence electrons. The van der Waals surface area contributed by atoms with Crippen molar-refractivity contribution in [2.45, 2.75) is 13.0 Å². The number of rotatable bonds is 5. The summed E-state index contributed by atoms with van der Waals surface area (Å²) in [4.78, 5) is 15.0. The summed E-state index contributed by atoms with van der Waals surface area (Å²) in [7, 11) is 1.57. The van der Waals surface area contributed by atoms with Gasteiger partial charge in [0.2, 0.25) is 11.8 Å². The molecule has 6 heteroatoms. The van der Waals surface area contributed by atoms with Crippen LogP contribution in [0.1, 0.15) is 11.3 Å². The summed E-state index contributed by atoms with van der Waals surface area (Å²) in [5.41, 5.74) is 6.94. The van der Waals surface area contributed by atoms with Gasteiger partial charge in [0.25, 0.3) is 0 Å². The number of hydrogen-bond acceptors (Lipinski definition) is 4. The van der Waals surface area contributed by atoms with Crippen LogP contribution >= 0.6 is 0 Å². The second-order valence-corrected chi connectivity index (χ2v) is 3.83. The molecule has 2 rings (SSSR count). The van der Waals surface area contributed by atoms with E-state index in [2.05, 4.69) is 10.1 Å². The highest BCUT2D eigenvalue weighted by Gasteiger charge is 2.06. The van der Waals surface area contributed by atoms with E-state index in [4.69, 9.17) is 10.5 Å². The molecule has 0 aliphatic rings. The number of nitrogens with two attached hydrogens (primary N) is 1. The van der Waals surface area contributed by atoms with E-state index < -0.39 is 0 Å². The van der Waals surface area contributed by atoms with Crippen LogP contribution in [0.25, 0.3) is 0 Å². The fourth-order valence-electron chi connectivity index (χ4n) is 1.63. The van der Waals surface area contributed by atoms with Crippen molar-refractivity contribution in [3.8, 4) is 5.88 Å². The molecule has 1 amide bonds. The van der Waals surface area contributed by atoms with Gasteiger partial charge in [0.05, 0.1) is 20.1 Å². The second-order valence-electron chi connectivity index (χ2n) is 3.83. The van der Waals surface area contributed by atoms with E-state index >= 15 is 0 Å². The van der Waals surface area contributed by atoms with Crippen LogP contribution in [0.2, 0.25) is 0 Å². The molecule has 0 saturated carbocycles. The predicted octanol–water partition coefficient (Wildman–Crippen LogP) is 0.363. The van der Waals surface area contributed by atoms with Gasteiger partial charge < -0.3 is 10.5 Å². The standard InChI is InChI=1S/C12H14N4O2/c1-18-12-3-2-9(7-14-12)8-16-10(4-5-15-16)6-11(13)17/h2-5,7H,6,8H2,1H3,(H2,13,17). The number of nitrogens with zero attached hydrogens (tertiary/aromatic N) is 3. The summed E-state index contributed by atoms with van der Waals surface area (Å²) in [6.45, 7) is 0.548. The van der Waals surface area contributed by atoms with Gasteiger partial charge in [0.15, 0.2) is 0 Å². The lowest BCUT2D eigenvalue weighted by Gasteiger charge is -2.06. The first-order chi connectivity index (χ1) is 8.69. The average molecular weight is 246 g/mol. The van der Waals surface area contributed by atoms with Crippen molar-refractivity contribution in [2.24, 2.45) is 5.73 Å². The van der Waals surface area contributed by atoms with E-state index in [0.717, 1.165) is 11.3 Å². The summed E-state index contributed by atoms with van der Waals surface area (Å²) in [5, 5.41) is 4.16. The molecule has 0 bridgehead atoms. The van der Waals surface area contributed by atoms with Gasteiger partial charge in [-0.3, -0.25) is 9.48 Å².